The van der Waals surface area contributed by atoms with Gasteiger partial charge in [0.1, 0.15) is 5.56 Å². The maximum absolute atomic E-state index is 13.4. The summed E-state index contributed by atoms with van der Waals surface area (Å²) < 4.78 is 52.8. The molecule has 1 aromatic rings. The first-order valence-corrected chi connectivity index (χ1v) is 5.54. The molecule has 114 valence electrons. The summed E-state index contributed by atoms with van der Waals surface area (Å²) in [6.07, 6.45) is 0.964. The summed E-state index contributed by atoms with van der Waals surface area (Å²) in [5, 5.41) is 13.0. The van der Waals surface area contributed by atoms with Crippen LogP contribution in [0.1, 0.15) is 10.4 Å². The molecule has 0 saturated heterocycles. The lowest BCUT2D eigenvalue weighted by molar-refractivity contribution is -0.116. The molecule has 1 rings (SSSR count). The average molecular weight is 306 g/mol. The Labute approximate surface area is 116 Å². The smallest absolute Gasteiger partial charge is 0.257 e. The predicted octanol–water partition coefficient (Wildman–Crippen LogP) is 0.981. The van der Waals surface area contributed by atoms with Crippen molar-refractivity contribution in [1.29, 1.82) is 0 Å². The van der Waals surface area contributed by atoms with Gasteiger partial charge in [-0.25, -0.2) is 8.78 Å². The Morgan fingerprint density at radius 2 is 1.48 bits per heavy atom. The van der Waals surface area contributed by atoms with Crippen LogP contribution in [0, 0.1) is 23.3 Å². The molecule has 0 aliphatic rings. The predicted molar refractivity (Wildman–Crippen MR) is 63.5 cm³/mol. The number of phenolic OH excluding ortho intramolecular Hbond substituents is 1. The third-order valence-electron chi connectivity index (χ3n) is 2.36. The Kier molecular flexibility index (Phi) is 5.28. The molecule has 21 heavy (non-hydrogen) atoms. The van der Waals surface area contributed by atoms with Crippen molar-refractivity contribution in [1.82, 2.24) is 10.6 Å². The average Bonchev–Trinajstić information content (AvgIpc) is 2.47. The third kappa shape index (κ3) is 3.50. The molecule has 0 aromatic heterocycles. The second-order valence-electron chi connectivity index (χ2n) is 3.73. The zero-order valence-electron chi connectivity index (χ0n) is 10.5. The van der Waals surface area contributed by atoms with Gasteiger partial charge in [0.25, 0.3) is 5.91 Å². The summed E-state index contributed by atoms with van der Waals surface area (Å²) in [6, 6.07) is 0. The second kappa shape index (κ2) is 6.73. The molecule has 0 atom stereocenters. The fraction of sp³-hybridized carbons (Fsp3) is 0.167. The fourth-order valence-corrected chi connectivity index (χ4v) is 1.34. The van der Waals surface area contributed by atoms with Gasteiger partial charge < -0.3 is 15.7 Å². The Morgan fingerprint density at radius 3 is 1.95 bits per heavy atom. The van der Waals surface area contributed by atoms with Gasteiger partial charge in [-0.15, -0.1) is 0 Å². The second-order valence-corrected chi connectivity index (χ2v) is 3.73. The van der Waals surface area contributed by atoms with Crippen molar-refractivity contribution in [2.24, 2.45) is 0 Å². The van der Waals surface area contributed by atoms with Crippen LogP contribution in [0.25, 0.3) is 0 Å². The van der Waals surface area contributed by atoms with Gasteiger partial charge in [0.2, 0.25) is 17.5 Å². The van der Waals surface area contributed by atoms with E-state index in [4.69, 9.17) is 5.11 Å². The Bertz CT molecular complexity index is 576. The van der Waals surface area contributed by atoms with Gasteiger partial charge >= 0.3 is 0 Å². The number of carbonyl (C=O) groups excluding carboxylic acids is 2. The number of phenols is 1. The van der Waals surface area contributed by atoms with Crippen molar-refractivity contribution in [3.63, 3.8) is 0 Å². The number of carbonyl (C=O) groups is 2. The lowest BCUT2D eigenvalue weighted by Crippen LogP contribution is -2.35. The number of hydrogen-bond donors (Lipinski definition) is 3. The Hall–Kier alpha value is -2.58. The van der Waals surface area contributed by atoms with Crippen molar-refractivity contribution in [3.05, 3.63) is 41.5 Å². The normalized spacial score (nSPS) is 10.1. The van der Waals surface area contributed by atoms with Crippen LogP contribution in [-0.4, -0.2) is 30.0 Å². The number of aromatic hydroxyl groups is 1. The molecule has 0 bridgehead atoms. The van der Waals surface area contributed by atoms with Crippen molar-refractivity contribution < 1.29 is 32.3 Å². The molecular formula is C12H10F4N2O3. The SMILES string of the molecule is C=CC(=O)NCCNC(=O)c1c(F)c(F)c(O)c(F)c1F. The van der Waals surface area contributed by atoms with Gasteiger partial charge in [-0.2, -0.15) is 8.78 Å². The van der Waals surface area contributed by atoms with Crippen molar-refractivity contribution in [3.8, 4) is 5.75 Å². The number of hydrogen-bond acceptors (Lipinski definition) is 3. The highest BCUT2D eigenvalue weighted by Gasteiger charge is 2.29. The standard InChI is InChI=1S/C12H10F4N2O3/c1-2-5(19)17-3-4-18-12(21)6-7(13)9(15)11(20)10(16)8(6)14/h2,20H,1,3-4H2,(H,17,19)(H,18,21). The van der Waals surface area contributed by atoms with Gasteiger partial charge in [0.15, 0.2) is 17.4 Å². The number of benzene rings is 1. The lowest BCUT2D eigenvalue weighted by Gasteiger charge is -2.09. The van der Waals surface area contributed by atoms with Crippen LogP contribution in [-0.2, 0) is 4.79 Å². The van der Waals surface area contributed by atoms with E-state index in [1.54, 1.807) is 0 Å². The summed E-state index contributed by atoms with van der Waals surface area (Å²) in [5.41, 5.74) is -1.50. The van der Waals surface area contributed by atoms with E-state index in [-0.39, 0.29) is 13.1 Å². The summed E-state index contributed by atoms with van der Waals surface area (Å²) in [6.45, 7) is 2.82. The minimum Gasteiger partial charge on any atom is -0.503 e. The number of amides is 2. The van der Waals surface area contributed by atoms with E-state index in [0.29, 0.717) is 0 Å². The Balaban J connectivity index is 2.84. The van der Waals surface area contributed by atoms with Crippen molar-refractivity contribution >= 4 is 11.8 Å². The highest BCUT2D eigenvalue weighted by molar-refractivity contribution is 5.95. The summed E-state index contributed by atoms with van der Waals surface area (Å²) in [7, 11) is 0. The first kappa shape index (κ1) is 16.5. The van der Waals surface area contributed by atoms with Gasteiger partial charge in [-0.05, 0) is 6.08 Å². The number of halogens is 4. The zero-order chi connectivity index (χ0) is 16.2. The van der Waals surface area contributed by atoms with Crippen LogP contribution in [0.4, 0.5) is 17.6 Å². The molecule has 0 radical (unpaired) electrons. The highest BCUT2D eigenvalue weighted by atomic mass is 19.2. The fourth-order valence-electron chi connectivity index (χ4n) is 1.34. The monoisotopic (exact) mass is 306 g/mol. The molecule has 0 unspecified atom stereocenters. The molecule has 0 fully saturated rings. The summed E-state index contributed by atoms with van der Waals surface area (Å²) >= 11 is 0. The quantitative estimate of drug-likeness (QED) is 0.328. The van der Waals surface area contributed by atoms with E-state index >= 15 is 0 Å². The van der Waals surface area contributed by atoms with Crippen LogP contribution < -0.4 is 10.6 Å². The van der Waals surface area contributed by atoms with Gasteiger partial charge in [-0.1, -0.05) is 6.58 Å². The molecule has 0 spiro atoms. The summed E-state index contributed by atoms with van der Waals surface area (Å²) in [4.78, 5) is 22.3. The van der Waals surface area contributed by atoms with Crippen molar-refractivity contribution in [2.75, 3.05) is 13.1 Å². The molecule has 3 N–H and O–H groups in total. The molecule has 0 saturated carbocycles. The van der Waals surface area contributed by atoms with Gasteiger partial charge in [-0.3, -0.25) is 9.59 Å². The molecule has 0 heterocycles. The van der Waals surface area contributed by atoms with E-state index in [0.717, 1.165) is 6.08 Å². The first-order valence-electron chi connectivity index (χ1n) is 5.54. The molecule has 1 aromatic carbocycles. The first-order chi connectivity index (χ1) is 9.81. The summed E-state index contributed by atoms with van der Waals surface area (Å²) in [5.74, 6) is -12.0. The largest absolute Gasteiger partial charge is 0.503 e. The molecular weight excluding hydrogens is 296 g/mol. The topological polar surface area (TPSA) is 78.4 Å². The van der Waals surface area contributed by atoms with Gasteiger partial charge in [0.05, 0.1) is 0 Å². The van der Waals surface area contributed by atoms with Crippen LogP contribution in [0.2, 0.25) is 0 Å². The minimum atomic E-state index is -2.07. The molecule has 0 aliphatic carbocycles. The molecule has 5 nitrogen and oxygen atoms in total. The highest BCUT2D eigenvalue weighted by Crippen LogP contribution is 2.28. The van der Waals surface area contributed by atoms with E-state index in [9.17, 15) is 27.2 Å². The maximum Gasteiger partial charge on any atom is 0.257 e. The maximum atomic E-state index is 13.4. The van der Waals surface area contributed by atoms with Crippen LogP contribution in [0.3, 0.4) is 0 Å². The molecule has 0 aliphatic heterocycles. The number of rotatable bonds is 5. The van der Waals surface area contributed by atoms with Crippen LogP contribution >= 0.6 is 0 Å². The third-order valence-corrected chi connectivity index (χ3v) is 2.36. The van der Waals surface area contributed by atoms with Crippen molar-refractivity contribution in [2.45, 2.75) is 0 Å². The number of nitrogens with one attached hydrogen (secondary N) is 2. The Morgan fingerprint density at radius 1 is 1.00 bits per heavy atom. The van der Waals surface area contributed by atoms with E-state index < -0.39 is 46.4 Å². The van der Waals surface area contributed by atoms with E-state index in [1.165, 1.54) is 0 Å². The van der Waals surface area contributed by atoms with Crippen LogP contribution in [0.5, 0.6) is 5.75 Å². The minimum absolute atomic E-state index is 0.0944. The molecule has 9 heteroatoms. The molecule has 2 amide bonds. The van der Waals surface area contributed by atoms with Crippen LogP contribution in [0.15, 0.2) is 12.7 Å². The van der Waals surface area contributed by atoms with E-state index in [1.807, 2.05) is 5.32 Å². The van der Waals surface area contributed by atoms with Gasteiger partial charge in [0, 0.05) is 13.1 Å². The zero-order valence-corrected chi connectivity index (χ0v) is 10.5. The lowest BCUT2D eigenvalue weighted by atomic mass is 10.1. The van der Waals surface area contributed by atoms with E-state index in [2.05, 4.69) is 11.9 Å².